The molecule has 0 bridgehead atoms. The van der Waals surface area contributed by atoms with Crippen LogP contribution in [-0.2, 0) is 4.74 Å². The molecule has 21 heavy (non-hydrogen) atoms. The van der Waals surface area contributed by atoms with Crippen molar-refractivity contribution in [3.8, 4) is 5.75 Å². The molecule has 1 aliphatic rings. The third-order valence-electron chi connectivity index (χ3n) is 3.38. The predicted octanol–water partition coefficient (Wildman–Crippen LogP) is -1.09. The van der Waals surface area contributed by atoms with Crippen LogP contribution in [0.5, 0.6) is 5.75 Å². The van der Waals surface area contributed by atoms with Crippen molar-refractivity contribution < 1.29 is 29.9 Å². The van der Waals surface area contributed by atoms with Gasteiger partial charge in [0, 0.05) is 6.21 Å². The summed E-state index contributed by atoms with van der Waals surface area (Å²) < 4.78 is 10.1. The van der Waals surface area contributed by atoms with Gasteiger partial charge in [-0.25, -0.2) is 0 Å². The zero-order valence-electron chi connectivity index (χ0n) is 11.5. The molecule has 2 unspecified atom stereocenters. The largest absolute Gasteiger partial charge is 0.497 e. The van der Waals surface area contributed by atoms with E-state index < -0.39 is 37.3 Å². The Labute approximate surface area is 122 Å². The summed E-state index contributed by atoms with van der Waals surface area (Å²) in [6.07, 6.45) is -3.58. The molecule has 7 heteroatoms. The molecule has 1 heterocycles. The third kappa shape index (κ3) is 3.58. The van der Waals surface area contributed by atoms with Gasteiger partial charge in [-0.1, -0.05) is 0 Å². The number of nitrogens with zero attached hydrogens (tertiary/aromatic N) is 1. The van der Waals surface area contributed by atoms with Crippen molar-refractivity contribution in [3.05, 3.63) is 29.8 Å². The van der Waals surface area contributed by atoms with Gasteiger partial charge in [-0.05, 0) is 29.8 Å². The van der Waals surface area contributed by atoms with Gasteiger partial charge in [0.2, 0.25) is 0 Å². The first-order valence-corrected chi connectivity index (χ1v) is 6.54. The zero-order chi connectivity index (χ0) is 15.4. The van der Waals surface area contributed by atoms with Crippen molar-refractivity contribution in [2.75, 3.05) is 13.7 Å². The minimum Gasteiger partial charge on any atom is -0.497 e. The molecule has 1 aliphatic heterocycles. The molecule has 1 aromatic rings. The Balaban J connectivity index is 2.08. The highest BCUT2D eigenvalue weighted by Crippen LogP contribution is 2.22. The first-order chi connectivity index (χ1) is 10.1. The Hall–Kier alpha value is -1.51. The standard InChI is InChI=1S/C14H19NO6/c1-20-9-4-2-8(3-5-9)6-15-11-13(18)12(17)10(7-16)21-14(11)19/h2-6,10-14,16-19H,7H2,1H3/t10?,11-,12+,13+,14?/m0/s1. The molecule has 0 radical (unpaired) electrons. The predicted molar refractivity (Wildman–Crippen MR) is 74.4 cm³/mol. The fraction of sp³-hybridized carbons (Fsp3) is 0.500. The van der Waals surface area contributed by atoms with Crippen LogP contribution >= 0.6 is 0 Å². The number of hydrogen-bond donors (Lipinski definition) is 4. The first kappa shape index (κ1) is 15.9. The molecule has 4 N–H and O–H groups in total. The number of rotatable bonds is 4. The molecular formula is C14H19NO6. The van der Waals surface area contributed by atoms with Gasteiger partial charge < -0.3 is 29.9 Å². The second kappa shape index (κ2) is 6.97. The summed E-state index contributed by atoms with van der Waals surface area (Å²) in [6, 6.07) is 6.00. The molecule has 5 atom stereocenters. The highest BCUT2D eigenvalue weighted by molar-refractivity contribution is 5.79. The van der Waals surface area contributed by atoms with Crippen LogP contribution in [0.2, 0.25) is 0 Å². The van der Waals surface area contributed by atoms with Crippen LogP contribution in [0.1, 0.15) is 5.56 Å². The number of hydrogen-bond acceptors (Lipinski definition) is 7. The topological polar surface area (TPSA) is 112 Å². The van der Waals surface area contributed by atoms with Gasteiger partial charge in [-0.2, -0.15) is 0 Å². The molecule has 0 aromatic heterocycles. The number of aliphatic hydroxyl groups excluding tert-OH is 4. The fourth-order valence-corrected chi connectivity index (χ4v) is 2.11. The molecule has 0 spiro atoms. The van der Waals surface area contributed by atoms with E-state index in [1.54, 1.807) is 31.4 Å². The normalized spacial score (nSPS) is 33.3. The van der Waals surface area contributed by atoms with Crippen molar-refractivity contribution >= 4 is 6.21 Å². The maximum atomic E-state index is 9.93. The highest BCUT2D eigenvalue weighted by atomic mass is 16.6. The smallest absolute Gasteiger partial charge is 0.180 e. The minimum atomic E-state index is -1.39. The van der Waals surface area contributed by atoms with Gasteiger partial charge in [0.15, 0.2) is 6.29 Å². The average molecular weight is 297 g/mol. The SMILES string of the molecule is COc1ccc(C=N[C@@H]2C(O)OC(CO)[C@@H](O)[C@@H]2O)cc1. The number of aliphatic hydroxyl groups is 4. The Bertz CT molecular complexity index is 477. The van der Waals surface area contributed by atoms with Gasteiger partial charge in [-0.3, -0.25) is 4.99 Å². The second-order valence-electron chi connectivity index (χ2n) is 4.77. The lowest BCUT2D eigenvalue weighted by Gasteiger charge is -2.38. The summed E-state index contributed by atoms with van der Waals surface area (Å²) in [7, 11) is 1.56. The van der Waals surface area contributed by atoms with E-state index in [1.165, 1.54) is 6.21 Å². The lowest BCUT2D eigenvalue weighted by molar-refractivity contribution is -0.248. The summed E-state index contributed by atoms with van der Waals surface area (Å²) in [6.45, 7) is -0.496. The minimum absolute atomic E-state index is 0.496. The first-order valence-electron chi connectivity index (χ1n) is 6.54. The van der Waals surface area contributed by atoms with Crippen LogP contribution < -0.4 is 4.74 Å². The van der Waals surface area contributed by atoms with E-state index in [-0.39, 0.29) is 0 Å². The van der Waals surface area contributed by atoms with Crippen molar-refractivity contribution in [2.45, 2.75) is 30.6 Å². The molecule has 116 valence electrons. The molecule has 1 fully saturated rings. The van der Waals surface area contributed by atoms with Gasteiger partial charge in [0.05, 0.1) is 13.7 Å². The quantitative estimate of drug-likeness (QED) is 0.526. The number of aliphatic imine (C=N–C) groups is 1. The molecule has 1 saturated heterocycles. The van der Waals surface area contributed by atoms with E-state index >= 15 is 0 Å². The summed E-state index contributed by atoms with van der Waals surface area (Å²) in [5.41, 5.74) is 0.744. The Morgan fingerprint density at radius 1 is 1.19 bits per heavy atom. The van der Waals surface area contributed by atoms with Crippen LogP contribution in [-0.4, -0.2) is 71.0 Å². The second-order valence-corrected chi connectivity index (χ2v) is 4.77. The fourth-order valence-electron chi connectivity index (χ4n) is 2.11. The number of ether oxygens (including phenoxy) is 2. The van der Waals surface area contributed by atoms with Crippen LogP contribution in [0, 0.1) is 0 Å². The lowest BCUT2D eigenvalue weighted by atomic mass is 9.97. The summed E-state index contributed by atoms with van der Waals surface area (Å²) >= 11 is 0. The van der Waals surface area contributed by atoms with Gasteiger partial charge in [-0.15, -0.1) is 0 Å². The molecule has 7 nitrogen and oxygen atoms in total. The van der Waals surface area contributed by atoms with E-state index in [0.717, 1.165) is 5.56 Å². The monoisotopic (exact) mass is 297 g/mol. The average Bonchev–Trinajstić information content (AvgIpc) is 2.51. The van der Waals surface area contributed by atoms with Crippen molar-refractivity contribution in [2.24, 2.45) is 4.99 Å². The van der Waals surface area contributed by atoms with Gasteiger partial charge >= 0.3 is 0 Å². The molecule has 0 saturated carbocycles. The van der Waals surface area contributed by atoms with E-state index in [0.29, 0.717) is 5.75 Å². The van der Waals surface area contributed by atoms with Crippen molar-refractivity contribution in [3.63, 3.8) is 0 Å². The maximum absolute atomic E-state index is 9.93. The molecular weight excluding hydrogens is 278 g/mol. The molecule has 2 rings (SSSR count). The van der Waals surface area contributed by atoms with E-state index in [2.05, 4.69) is 4.99 Å². The van der Waals surface area contributed by atoms with E-state index in [9.17, 15) is 15.3 Å². The third-order valence-corrected chi connectivity index (χ3v) is 3.38. The van der Waals surface area contributed by atoms with E-state index in [4.69, 9.17) is 14.6 Å². The van der Waals surface area contributed by atoms with E-state index in [1.807, 2.05) is 0 Å². The van der Waals surface area contributed by atoms with Gasteiger partial charge in [0.25, 0.3) is 0 Å². The summed E-state index contributed by atoms with van der Waals surface area (Å²) in [4.78, 5) is 4.06. The Kier molecular flexibility index (Phi) is 5.27. The van der Waals surface area contributed by atoms with Crippen molar-refractivity contribution in [1.29, 1.82) is 0 Å². The lowest BCUT2D eigenvalue weighted by Crippen LogP contribution is -2.57. The summed E-state index contributed by atoms with van der Waals surface area (Å²) in [5, 5.41) is 38.5. The summed E-state index contributed by atoms with van der Waals surface area (Å²) in [5.74, 6) is 0.703. The highest BCUT2D eigenvalue weighted by Gasteiger charge is 2.43. The molecule has 0 amide bonds. The molecule has 1 aromatic carbocycles. The zero-order valence-corrected chi connectivity index (χ0v) is 11.5. The Morgan fingerprint density at radius 2 is 1.86 bits per heavy atom. The number of methoxy groups -OCH3 is 1. The van der Waals surface area contributed by atoms with Crippen LogP contribution in [0.25, 0.3) is 0 Å². The Morgan fingerprint density at radius 3 is 2.43 bits per heavy atom. The molecule has 0 aliphatic carbocycles. The maximum Gasteiger partial charge on any atom is 0.180 e. The van der Waals surface area contributed by atoms with Crippen LogP contribution in [0.4, 0.5) is 0 Å². The van der Waals surface area contributed by atoms with Gasteiger partial charge in [0.1, 0.15) is 30.1 Å². The van der Waals surface area contributed by atoms with Crippen LogP contribution in [0.3, 0.4) is 0 Å². The number of benzene rings is 1. The van der Waals surface area contributed by atoms with Crippen molar-refractivity contribution in [1.82, 2.24) is 0 Å². The van der Waals surface area contributed by atoms with Crippen LogP contribution in [0.15, 0.2) is 29.3 Å².